The highest BCUT2D eigenvalue weighted by Gasteiger charge is 2.22. The molecule has 0 saturated carbocycles. The first-order valence-electron chi connectivity index (χ1n) is 7.42. The first kappa shape index (κ1) is 17.0. The van der Waals surface area contributed by atoms with Gasteiger partial charge in [0.2, 0.25) is 0 Å². The maximum Gasteiger partial charge on any atom is 0.339 e. The maximum atomic E-state index is 11.6. The van der Waals surface area contributed by atoms with Gasteiger partial charge in [-0.3, -0.25) is 0 Å². The van der Waals surface area contributed by atoms with Crippen molar-refractivity contribution in [3.8, 4) is 11.5 Å². The standard InChI is InChI=1S/C16H22O5S/c1-3-20-16(18)15(17)11-6-7-13(14(9-11)19-2)21-12-5-4-8-22-10-12/h6-7,9,12,15,17H,3-5,8,10H2,1-2H3. The Balaban J connectivity index is 2.11. The Hall–Kier alpha value is -1.40. The molecule has 0 aliphatic carbocycles. The summed E-state index contributed by atoms with van der Waals surface area (Å²) in [4.78, 5) is 11.6. The van der Waals surface area contributed by atoms with Crippen LogP contribution in [0.2, 0.25) is 0 Å². The van der Waals surface area contributed by atoms with Gasteiger partial charge in [-0.25, -0.2) is 4.79 Å². The first-order valence-corrected chi connectivity index (χ1v) is 8.58. The largest absolute Gasteiger partial charge is 0.493 e. The van der Waals surface area contributed by atoms with Gasteiger partial charge < -0.3 is 19.3 Å². The van der Waals surface area contributed by atoms with Gasteiger partial charge in [0, 0.05) is 5.75 Å². The van der Waals surface area contributed by atoms with Crippen molar-refractivity contribution in [2.24, 2.45) is 0 Å². The second kappa shape index (κ2) is 8.29. The Morgan fingerprint density at radius 1 is 1.45 bits per heavy atom. The zero-order valence-corrected chi connectivity index (χ0v) is 13.7. The van der Waals surface area contributed by atoms with Crippen LogP contribution in [0.5, 0.6) is 11.5 Å². The third kappa shape index (κ3) is 4.30. The van der Waals surface area contributed by atoms with E-state index in [1.807, 2.05) is 11.8 Å². The van der Waals surface area contributed by atoms with Crippen LogP contribution in [0, 0.1) is 0 Å². The van der Waals surface area contributed by atoms with E-state index >= 15 is 0 Å². The van der Waals surface area contributed by atoms with Gasteiger partial charge in [0.25, 0.3) is 0 Å². The Morgan fingerprint density at radius 2 is 2.27 bits per heavy atom. The Morgan fingerprint density at radius 3 is 2.91 bits per heavy atom. The molecule has 0 radical (unpaired) electrons. The molecule has 2 unspecified atom stereocenters. The van der Waals surface area contributed by atoms with Gasteiger partial charge in [0.05, 0.1) is 13.7 Å². The number of methoxy groups -OCH3 is 1. The Labute approximate surface area is 134 Å². The van der Waals surface area contributed by atoms with E-state index in [4.69, 9.17) is 14.2 Å². The molecule has 1 aliphatic heterocycles. The van der Waals surface area contributed by atoms with E-state index in [0.29, 0.717) is 17.1 Å². The van der Waals surface area contributed by atoms with Crippen molar-refractivity contribution in [2.45, 2.75) is 32.0 Å². The van der Waals surface area contributed by atoms with Gasteiger partial charge >= 0.3 is 5.97 Å². The summed E-state index contributed by atoms with van der Waals surface area (Å²) in [5, 5.41) is 9.98. The normalized spacial score (nSPS) is 19.3. The van der Waals surface area contributed by atoms with Crippen LogP contribution in [0.1, 0.15) is 31.4 Å². The van der Waals surface area contributed by atoms with E-state index < -0.39 is 12.1 Å². The molecule has 22 heavy (non-hydrogen) atoms. The molecule has 1 aromatic carbocycles. The molecule has 1 heterocycles. The van der Waals surface area contributed by atoms with Crippen molar-refractivity contribution in [1.82, 2.24) is 0 Å². The number of thioether (sulfide) groups is 1. The highest BCUT2D eigenvalue weighted by atomic mass is 32.2. The van der Waals surface area contributed by atoms with Gasteiger partial charge in [-0.05, 0) is 43.2 Å². The van der Waals surface area contributed by atoms with Crippen LogP contribution in [-0.2, 0) is 9.53 Å². The lowest BCUT2D eigenvalue weighted by atomic mass is 10.1. The maximum absolute atomic E-state index is 11.6. The van der Waals surface area contributed by atoms with Crippen LogP contribution in [0.15, 0.2) is 18.2 Å². The van der Waals surface area contributed by atoms with Crippen molar-refractivity contribution in [2.75, 3.05) is 25.2 Å². The molecular weight excluding hydrogens is 304 g/mol. The minimum absolute atomic E-state index is 0.175. The number of esters is 1. The Kier molecular flexibility index (Phi) is 6.39. The van der Waals surface area contributed by atoms with Crippen LogP contribution in [0.3, 0.4) is 0 Å². The van der Waals surface area contributed by atoms with E-state index in [0.717, 1.165) is 18.6 Å². The number of hydrogen-bond donors (Lipinski definition) is 1. The number of hydrogen-bond acceptors (Lipinski definition) is 6. The molecule has 1 aromatic rings. The van der Waals surface area contributed by atoms with E-state index in [2.05, 4.69) is 0 Å². The van der Waals surface area contributed by atoms with E-state index in [1.165, 1.54) is 5.75 Å². The average Bonchev–Trinajstić information content (AvgIpc) is 2.55. The SMILES string of the molecule is CCOC(=O)C(O)c1ccc(OC2CCCSC2)c(OC)c1. The quantitative estimate of drug-likeness (QED) is 0.811. The number of rotatable bonds is 6. The molecule has 2 rings (SSSR count). The molecule has 122 valence electrons. The molecule has 1 N–H and O–H groups in total. The summed E-state index contributed by atoms with van der Waals surface area (Å²) >= 11 is 1.89. The lowest BCUT2D eigenvalue weighted by Crippen LogP contribution is -2.23. The van der Waals surface area contributed by atoms with Crippen LogP contribution >= 0.6 is 11.8 Å². The van der Waals surface area contributed by atoms with Crippen molar-refractivity contribution in [3.05, 3.63) is 23.8 Å². The first-order chi connectivity index (χ1) is 10.7. The lowest BCUT2D eigenvalue weighted by molar-refractivity contribution is -0.153. The topological polar surface area (TPSA) is 65.0 Å². The number of ether oxygens (including phenoxy) is 3. The van der Waals surface area contributed by atoms with Crippen LogP contribution in [0.25, 0.3) is 0 Å². The van der Waals surface area contributed by atoms with Crippen molar-refractivity contribution in [3.63, 3.8) is 0 Å². The number of carbonyl (C=O) groups excluding carboxylic acids is 1. The molecule has 1 fully saturated rings. The molecule has 1 aliphatic rings. The predicted molar refractivity (Wildman–Crippen MR) is 85.6 cm³/mol. The van der Waals surface area contributed by atoms with Crippen LogP contribution in [0.4, 0.5) is 0 Å². The predicted octanol–water partition coefficient (Wildman–Crippen LogP) is 2.57. The van der Waals surface area contributed by atoms with Gasteiger partial charge in [-0.2, -0.15) is 11.8 Å². The minimum Gasteiger partial charge on any atom is -0.493 e. The summed E-state index contributed by atoms with van der Waals surface area (Å²) in [6, 6.07) is 5.01. The molecule has 0 spiro atoms. The molecular formula is C16H22O5S. The molecule has 2 atom stereocenters. The fraction of sp³-hybridized carbons (Fsp3) is 0.562. The summed E-state index contributed by atoms with van der Waals surface area (Å²) < 4.78 is 16.1. The van der Waals surface area contributed by atoms with Gasteiger partial charge in [-0.1, -0.05) is 6.07 Å². The van der Waals surface area contributed by atoms with Crippen LogP contribution < -0.4 is 9.47 Å². The molecule has 6 heteroatoms. The molecule has 0 aromatic heterocycles. The van der Waals surface area contributed by atoms with E-state index in [1.54, 1.807) is 32.2 Å². The van der Waals surface area contributed by atoms with Gasteiger partial charge in [0.1, 0.15) is 6.10 Å². The molecule has 5 nitrogen and oxygen atoms in total. The zero-order valence-electron chi connectivity index (χ0n) is 12.9. The number of carbonyl (C=O) groups is 1. The number of aliphatic hydroxyl groups is 1. The third-order valence-corrected chi connectivity index (χ3v) is 4.61. The number of benzene rings is 1. The highest BCUT2D eigenvalue weighted by molar-refractivity contribution is 7.99. The fourth-order valence-corrected chi connectivity index (χ4v) is 3.33. The summed E-state index contributed by atoms with van der Waals surface area (Å²) in [6.45, 7) is 1.93. The molecule has 1 saturated heterocycles. The fourth-order valence-electron chi connectivity index (χ4n) is 2.29. The van der Waals surface area contributed by atoms with Crippen molar-refractivity contribution in [1.29, 1.82) is 0 Å². The summed E-state index contributed by atoms with van der Waals surface area (Å²) in [5.41, 5.74) is 0.431. The van der Waals surface area contributed by atoms with Crippen molar-refractivity contribution < 1.29 is 24.1 Å². The van der Waals surface area contributed by atoms with Gasteiger partial charge in [0.15, 0.2) is 17.6 Å². The van der Waals surface area contributed by atoms with Crippen LogP contribution in [-0.4, -0.2) is 42.4 Å². The minimum atomic E-state index is -1.31. The number of aliphatic hydroxyl groups excluding tert-OH is 1. The zero-order chi connectivity index (χ0) is 15.9. The second-order valence-corrected chi connectivity index (χ2v) is 6.17. The monoisotopic (exact) mass is 326 g/mol. The summed E-state index contributed by atoms with van der Waals surface area (Å²) in [7, 11) is 1.54. The third-order valence-electron chi connectivity index (χ3n) is 3.43. The Bertz CT molecular complexity index is 499. The van der Waals surface area contributed by atoms with Crippen molar-refractivity contribution >= 4 is 17.7 Å². The molecule has 0 amide bonds. The van der Waals surface area contributed by atoms with E-state index in [9.17, 15) is 9.90 Å². The average molecular weight is 326 g/mol. The van der Waals surface area contributed by atoms with Gasteiger partial charge in [-0.15, -0.1) is 0 Å². The lowest BCUT2D eigenvalue weighted by Gasteiger charge is -2.24. The smallest absolute Gasteiger partial charge is 0.339 e. The second-order valence-electron chi connectivity index (χ2n) is 5.02. The van der Waals surface area contributed by atoms with E-state index in [-0.39, 0.29) is 12.7 Å². The summed E-state index contributed by atoms with van der Waals surface area (Å²) in [5.74, 6) is 2.63. The highest BCUT2D eigenvalue weighted by Crippen LogP contribution is 2.33. The molecule has 0 bridgehead atoms. The summed E-state index contributed by atoms with van der Waals surface area (Å²) in [6.07, 6.45) is 1.04.